The maximum atomic E-state index is 11.4. The van der Waals surface area contributed by atoms with Gasteiger partial charge in [-0.05, 0) is 17.7 Å². The molecule has 1 aromatic carbocycles. The van der Waals surface area contributed by atoms with Gasteiger partial charge in [0.2, 0.25) is 0 Å². The summed E-state index contributed by atoms with van der Waals surface area (Å²) in [6.45, 7) is 0.635. The Labute approximate surface area is 122 Å². The molecule has 0 saturated carbocycles. The Bertz CT molecular complexity index is 602. The number of methoxy groups -OCH3 is 1. The van der Waals surface area contributed by atoms with Gasteiger partial charge in [0, 0.05) is 18.6 Å². The molecule has 0 N–H and O–H groups in total. The van der Waals surface area contributed by atoms with E-state index >= 15 is 0 Å². The summed E-state index contributed by atoms with van der Waals surface area (Å²) in [6.07, 6.45) is 2.98. The van der Waals surface area contributed by atoms with Crippen molar-refractivity contribution < 1.29 is 9.53 Å². The number of nitrogens with zero attached hydrogens (tertiary/aromatic N) is 3. The van der Waals surface area contributed by atoms with E-state index in [1.807, 2.05) is 36.2 Å². The van der Waals surface area contributed by atoms with Crippen molar-refractivity contribution in [2.45, 2.75) is 6.54 Å². The molecule has 0 unspecified atom stereocenters. The van der Waals surface area contributed by atoms with Gasteiger partial charge in [0.1, 0.15) is 5.82 Å². The lowest BCUT2D eigenvalue weighted by Gasteiger charge is -2.18. The normalized spacial score (nSPS) is 10.2. The second kappa shape index (κ2) is 6.34. The van der Waals surface area contributed by atoms with Gasteiger partial charge >= 0.3 is 5.97 Å². The molecule has 0 atom stereocenters. The molecule has 1 aromatic heterocycles. The van der Waals surface area contributed by atoms with Crippen LogP contribution in [0.3, 0.4) is 0 Å². The first kappa shape index (κ1) is 14.3. The number of aromatic nitrogens is 2. The fourth-order valence-electron chi connectivity index (χ4n) is 1.69. The number of halogens is 1. The van der Waals surface area contributed by atoms with E-state index in [-0.39, 0.29) is 5.69 Å². The molecule has 0 radical (unpaired) electrons. The largest absolute Gasteiger partial charge is 0.464 e. The molecule has 0 amide bonds. The molecule has 0 aliphatic heterocycles. The Kier molecular flexibility index (Phi) is 4.53. The highest BCUT2D eigenvalue weighted by molar-refractivity contribution is 6.30. The molecule has 0 bridgehead atoms. The lowest BCUT2D eigenvalue weighted by atomic mass is 10.2. The Morgan fingerprint density at radius 2 is 2.00 bits per heavy atom. The van der Waals surface area contributed by atoms with Crippen LogP contribution < -0.4 is 4.90 Å². The molecule has 0 saturated heterocycles. The van der Waals surface area contributed by atoms with Crippen LogP contribution in [0.4, 0.5) is 5.82 Å². The van der Waals surface area contributed by atoms with Crippen molar-refractivity contribution in [3.63, 3.8) is 0 Å². The summed E-state index contributed by atoms with van der Waals surface area (Å²) >= 11 is 5.85. The maximum absolute atomic E-state index is 11.4. The van der Waals surface area contributed by atoms with Crippen molar-refractivity contribution in [3.05, 3.63) is 52.9 Å². The van der Waals surface area contributed by atoms with Gasteiger partial charge in [-0.1, -0.05) is 23.7 Å². The molecule has 1 heterocycles. The van der Waals surface area contributed by atoms with Crippen LogP contribution in [0.2, 0.25) is 5.02 Å². The van der Waals surface area contributed by atoms with Crippen LogP contribution in [0.15, 0.2) is 36.7 Å². The van der Waals surface area contributed by atoms with Crippen molar-refractivity contribution in [2.24, 2.45) is 0 Å². The second-order valence-electron chi connectivity index (χ2n) is 4.24. The van der Waals surface area contributed by atoms with Gasteiger partial charge in [-0.25, -0.2) is 9.78 Å². The smallest absolute Gasteiger partial charge is 0.358 e. The molecule has 2 rings (SSSR count). The zero-order chi connectivity index (χ0) is 14.5. The lowest BCUT2D eigenvalue weighted by molar-refractivity contribution is 0.0593. The van der Waals surface area contributed by atoms with E-state index in [0.717, 1.165) is 5.56 Å². The molecule has 2 aromatic rings. The minimum atomic E-state index is -0.501. The van der Waals surface area contributed by atoms with Gasteiger partial charge in [0.05, 0.1) is 19.5 Å². The van der Waals surface area contributed by atoms with E-state index in [1.165, 1.54) is 13.3 Å². The van der Waals surface area contributed by atoms with Gasteiger partial charge in [-0.15, -0.1) is 0 Å². The number of hydrogen-bond acceptors (Lipinski definition) is 5. The average Bonchev–Trinajstić information content (AvgIpc) is 2.49. The number of ether oxygens (including phenoxy) is 1. The number of anilines is 1. The Morgan fingerprint density at radius 3 is 2.65 bits per heavy atom. The molecule has 0 fully saturated rings. The fraction of sp³-hybridized carbons (Fsp3) is 0.214. The van der Waals surface area contributed by atoms with Gasteiger partial charge in [-0.2, -0.15) is 0 Å². The van der Waals surface area contributed by atoms with Crippen LogP contribution in [0.1, 0.15) is 16.1 Å². The summed E-state index contributed by atoms with van der Waals surface area (Å²) in [7, 11) is 3.19. The summed E-state index contributed by atoms with van der Waals surface area (Å²) in [5, 5.41) is 0.698. The maximum Gasteiger partial charge on any atom is 0.358 e. The van der Waals surface area contributed by atoms with Crippen molar-refractivity contribution >= 4 is 23.4 Å². The highest BCUT2D eigenvalue weighted by Gasteiger charge is 2.11. The van der Waals surface area contributed by atoms with Crippen LogP contribution in [-0.2, 0) is 11.3 Å². The molecular formula is C14H14ClN3O2. The summed E-state index contributed by atoms with van der Waals surface area (Å²) in [5.74, 6) is 0.0992. The Morgan fingerprint density at radius 1 is 1.30 bits per heavy atom. The fourth-order valence-corrected chi connectivity index (χ4v) is 1.81. The molecule has 0 aliphatic carbocycles. The van der Waals surface area contributed by atoms with Crippen molar-refractivity contribution in [2.75, 3.05) is 19.1 Å². The zero-order valence-electron chi connectivity index (χ0n) is 11.2. The molecule has 104 valence electrons. The van der Waals surface area contributed by atoms with Crippen LogP contribution >= 0.6 is 11.6 Å². The minimum absolute atomic E-state index is 0.188. The number of benzene rings is 1. The quantitative estimate of drug-likeness (QED) is 0.810. The van der Waals surface area contributed by atoms with Gasteiger partial charge in [-0.3, -0.25) is 4.98 Å². The summed E-state index contributed by atoms with van der Waals surface area (Å²) in [5.41, 5.74) is 1.27. The highest BCUT2D eigenvalue weighted by atomic mass is 35.5. The SMILES string of the molecule is COC(=O)c1cncc(N(C)Cc2ccc(Cl)cc2)n1. The third-order valence-electron chi connectivity index (χ3n) is 2.74. The summed E-state index contributed by atoms with van der Waals surface area (Å²) < 4.78 is 4.63. The van der Waals surface area contributed by atoms with Gasteiger partial charge in [0.15, 0.2) is 5.69 Å². The second-order valence-corrected chi connectivity index (χ2v) is 4.67. The number of esters is 1. The van der Waals surface area contributed by atoms with Crippen LogP contribution in [-0.4, -0.2) is 30.1 Å². The Balaban J connectivity index is 2.14. The summed E-state index contributed by atoms with van der Waals surface area (Å²) in [4.78, 5) is 21.5. The lowest BCUT2D eigenvalue weighted by Crippen LogP contribution is -2.19. The van der Waals surface area contributed by atoms with E-state index < -0.39 is 5.97 Å². The highest BCUT2D eigenvalue weighted by Crippen LogP contribution is 2.15. The van der Waals surface area contributed by atoms with E-state index in [2.05, 4.69) is 14.7 Å². The molecule has 0 aliphatic rings. The van der Waals surface area contributed by atoms with Crippen molar-refractivity contribution in [3.8, 4) is 0 Å². The monoisotopic (exact) mass is 291 g/mol. The number of rotatable bonds is 4. The van der Waals surface area contributed by atoms with Gasteiger partial charge < -0.3 is 9.64 Å². The molecule has 6 heteroatoms. The van der Waals surface area contributed by atoms with Crippen molar-refractivity contribution in [1.82, 2.24) is 9.97 Å². The molecule has 0 spiro atoms. The van der Waals surface area contributed by atoms with Crippen molar-refractivity contribution in [1.29, 1.82) is 0 Å². The average molecular weight is 292 g/mol. The third kappa shape index (κ3) is 3.45. The molecule has 20 heavy (non-hydrogen) atoms. The zero-order valence-corrected chi connectivity index (χ0v) is 12.0. The minimum Gasteiger partial charge on any atom is -0.464 e. The Hall–Kier alpha value is -2.14. The third-order valence-corrected chi connectivity index (χ3v) is 2.99. The predicted octanol–water partition coefficient (Wildman–Crippen LogP) is 2.55. The molecular weight excluding hydrogens is 278 g/mol. The first-order valence-corrected chi connectivity index (χ1v) is 6.34. The van der Waals surface area contributed by atoms with E-state index in [4.69, 9.17) is 11.6 Å². The van der Waals surface area contributed by atoms with Crippen LogP contribution in [0, 0.1) is 0 Å². The molecule has 5 nitrogen and oxygen atoms in total. The first-order valence-electron chi connectivity index (χ1n) is 5.96. The topological polar surface area (TPSA) is 55.3 Å². The van der Waals surface area contributed by atoms with Crippen LogP contribution in [0.25, 0.3) is 0 Å². The van der Waals surface area contributed by atoms with E-state index in [9.17, 15) is 4.79 Å². The standard InChI is InChI=1S/C14H14ClN3O2/c1-18(9-10-3-5-11(15)6-4-10)13-8-16-7-12(17-13)14(19)20-2/h3-8H,9H2,1-2H3. The number of carbonyl (C=O) groups is 1. The van der Waals surface area contributed by atoms with Gasteiger partial charge in [0.25, 0.3) is 0 Å². The predicted molar refractivity (Wildman–Crippen MR) is 76.9 cm³/mol. The van der Waals surface area contributed by atoms with Crippen LogP contribution in [0.5, 0.6) is 0 Å². The van der Waals surface area contributed by atoms with E-state index in [1.54, 1.807) is 6.20 Å². The summed E-state index contributed by atoms with van der Waals surface area (Å²) in [6, 6.07) is 7.55. The number of carbonyl (C=O) groups excluding carboxylic acids is 1. The number of hydrogen-bond donors (Lipinski definition) is 0. The van der Waals surface area contributed by atoms with E-state index in [0.29, 0.717) is 17.4 Å². The first-order chi connectivity index (χ1) is 9.60.